The molecule has 2 aromatic heterocycles. The van der Waals surface area contributed by atoms with Crippen LogP contribution >= 0.6 is 8.53 Å². The summed E-state index contributed by atoms with van der Waals surface area (Å²) in [5.41, 5.74) is 2.36. The van der Waals surface area contributed by atoms with Crippen molar-refractivity contribution in [2.75, 3.05) is 32.2 Å². The highest BCUT2D eigenvalue weighted by Gasteiger charge is 2.54. The maximum atomic E-state index is 12.7. The topological polar surface area (TPSA) is 141 Å². The Morgan fingerprint density at radius 2 is 1.48 bits per heavy atom. The molecule has 0 spiro atoms. The molecule has 1 aliphatic rings. The van der Waals surface area contributed by atoms with E-state index in [1.54, 1.807) is 19.5 Å². The summed E-state index contributed by atoms with van der Waals surface area (Å²) in [6, 6.07) is 28.5. The first kappa shape index (κ1) is 49.6. The molecule has 3 heterocycles. The van der Waals surface area contributed by atoms with Crippen molar-refractivity contribution in [3.05, 3.63) is 140 Å². The maximum absolute atomic E-state index is 12.7. The van der Waals surface area contributed by atoms with Crippen LogP contribution in [0.1, 0.15) is 71.4 Å². The predicted octanol–water partition coefficient (Wildman–Crippen LogP) is 10.8. The van der Waals surface area contributed by atoms with Gasteiger partial charge in [0.05, 0.1) is 26.7 Å². The normalized spacial score (nSPS) is 18.6. The molecule has 1 unspecified atom stereocenters. The van der Waals surface area contributed by atoms with E-state index < -0.39 is 53.1 Å². The average molecular weight is 925 g/mol. The largest absolute Gasteiger partial charge is 0.497 e. The molecule has 0 radical (unpaired) electrons. The van der Waals surface area contributed by atoms with Crippen LogP contribution in [0.25, 0.3) is 11.2 Å². The second-order valence-electron chi connectivity index (χ2n) is 17.9. The monoisotopic (exact) mass is 924 g/mol. The van der Waals surface area contributed by atoms with Crippen LogP contribution < -0.4 is 10.1 Å². The minimum Gasteiger partial charge on any atom is -0.497 e. The number of nitrogens with one attached hydrogen (secondary N) is 1. The van der Waals surface area contributed by atoms with E-state index in [0.29, 0.717) is 11.2 Å². The molecule has 1 aliphatic heterocycles. The second-order valence-corrected chi connectivity index (χ2v) is 24.0. The van der Waals surface area contributed by atoms with Crippen LogP contribution in [0.5, 0.6) is 5.75 Å². The number of anilines is 1. The molecule has 1 fully saturated rings. The SMILES string of the molecule is C=CCOC(=O)Nc1ncnc2c1ncn2[C@@H]1O[C@H](COC(c2ccccc2)(c2ccccc2)c2ccc(OC)cc2)[C@@H](OP(OCC=C)N(C(C)C)C(C)C)[C@H]1O[Si](C)(C)C(C)(C)C. The fourth-order valence-electron chi connectivity index (χ4n) is 7.71. The molecule has 14 nitrogen and oxygen atoms in total. The van der Waals surface area contributed by atoms with Crippen molar-refractivity contribution in [2.24, 2.45) is 0 Å². The summed E-state index contributed by atoms with van der Waals surface area (Å²) >= 11 is 0. The number of rotatable bonds is 21. The Labute approximate surface area is 386 Å². The highest BCUT2D eigenvalue weighted by Crippen LogP contribution is 2.53. The molecule has 5 atom stereocenters. The lowest BCUT2D eigenvalue weighted by Gasteiger charge is -2.42. The first-order chi connectivity index (χ1) is 31.1. The highest BCUT2D eigenvalue weighted by atomic mass is 31.2. The summed E-state index contributed by atoms with van der Waals surface area (Å²) in [7, 11) is -2.67. The van der Waals surface area contributed by atoms with Crippen LogP contribution in [0.15, 0.2) is 123 Å². The quantitative estimate of drug-likeness (QED) is 0.0324. The summed E-state index contributed by atoms with van der Waals surface area (Å²) in [4.78, 5) is 26.5. The molecule has 0 bridgehead atoms. The van der Waals surface area contributed by atoms with E-state index in [9.17, 15) is 4.79 Å². The molecule has 1 amide bonds. The molecule has 0 saturated carbocycles. The Morgan fingerprint density at radius 1 is 0.877 bits per heavy atom. The molecular formula is C49H65N6O8PSi. The summed E-state index contributed by atoms with van der Waals surface area (Å²) in [6.45, 7) is 27.5. The van der Waals surface area contributed by atoms with Crippen LogP contribution in [0.4, 0.5) is 10.6 Å². The van der Waals surface area contributed by atoms with Gasteiger partial charge in [0, 0.05) is 12.1 Å². The van der Waals surface area contributed by atoms with Gasteiger partial charge in [-0.3, -0.25) is 9.88 Å². The zero-order valence-corrected chi connectivity index (χ0v) is 41.2. The Balaban J connectivity index is 1.54. The van der Waals surface area contributed by atoms with Gasteiger partial charge in [-0.2, -0.15) is 0 Å². The van der Waals surface area contributed by atoms with Gasteiger partial charge in [-0.05, 0) is 74.7 Å². The van der Waals surface area contributed by atoms with Gasteiger partial charge in [-0.25, -0.2) is 24.4 Å². The van der Waals surface area contributed by atoms with Crippen LogP contribution in [0, 0.1) is 0 Å². The van der Waals surface area contributed by atoms with Gasteiger partial charge < -0.3 is 32.4 Å². The van der Waals surface area contributed by atoms with Gasteiger partial charge in [0.25, 0.3) is 8.53 Å². The van der Waals surface area contributed by atoms with E-state index in [4.69, 9.17) is 37.4 Å². The molecule has 6 rings (SSSR count). The van der Waals surface area contributed by atoms with Crippen LogP contribution in [-0.2, 0) is 33.3 Å². The number of hydrogen-bond acceptors (Lipinski definition) is 12. The zero-order chi connectivity index (χ0) is 46.9. The number of carbonyl (C=O) groups excluding carboxylic acids is 1. The molecule has 1 N–H and O–H groups in total. The molecule has 65 heavy (non-hydrogen) atoms. The fraction of sp³-hybridized carbons (Fsp3) is 0.429. The number of amides is 1. The van der Waals surface area contributed by atoms with Crippen molar-refractivity contribution < 1.29 is 37.2 Å². The molecule has 0 aliphatic carbocycles. The number of hydrogen-bond donors (Lipinski definition) is 1. The van der Waals surface area contributed by atoms with Crippen LogP contribution in [0.2, 0.25) is 18.1 Å². The molecule has 348 valence electrons. The number of aromatic nitrogens is 4. The zero-order valence-electron chi connectivity index (χ0n) is 39.3. The first-order valence-corrected chi connectivity index (χ1v) is 26.0. The van der Waals surface area contributed by atoms with Gasteiger partial charge in [0.1, 0.15) is 42.6 Å². The van der Waals surface area contributed by atoms with Crippen molar-refractivity contribution in [3.63, 3.8) is 0 Å². The Morgan fingerprint density at radius 3 is 2.03 bits per heavy atom. The summed E-state index contributed by atoms with van der Waals surface area (Å²) < 4.78 is 51.2. The summed E-state index contributed by atoms with van der Waals surface area (Å²) in [5.74, 6) is 0.900. The smallest absolute Gasteiger partial charge is 0.413 e. The van der Waals surface area contributed by atoms with E-state index in [-0.39, 0.29) is 42.8 Å². The van der Waals surface area contributed by atoms with E-state index >= 15 is 0 Å². The van der Waals surface area contributed by atoms with Crippen LogP contribution in [-0.4, -0.2) is 95.9 Å². The molecule has 3 aromatic carbocycles. The fourth-order valence-corrected chi connectivity index (χ4v) is 10.7. The number of ether oxygens (including phenoxy) is 4. The van der Waals surface area contributed by atoms with Crippen molar-refractivity contribution in [3.8, 4) is 5.75 Å². The van der Waals surface area contributed by atoms with E-state index in [2.05, 4.69) is 119 Å². The van der Waals surface area contributed by atoms with Crippen molar-refractivity contribution in [1.82, 2.24) is 24.2 Å². The second kappa shape index (κ2) is 21.6. The third-order valence-electron chi connectivity index (χ3n) is 11.8. The Kier molecular flexibility index (Phi) is 16.5. The number of carbonyl (C=O) groups is 1. The maximum Gasteiger partial charge on any atom is 0.413 e. The average Bonchev–Trinajstić information content (AvgIpc) is 3.86. The van der Waals surface area contributed by atoms with E-state index in [0.717, 1.165) is 22.4 Å². The van der Waals surface area contributed by atoms with Gasteiger partial charge in [-0.15, -0.1) is 6.58 Å². The van der Waals surface area contributed by atoms with Crippen molar-refractivity contribution in [1.29, 1.82) is 0 Å². The third-order valence-corrected chi connectivity index (χ3v) is 18.4. The van der Waals surface area contributed by atoms with Gasteiger partial charge in [0.15, 0.2) is 31.5 Å². The minimum atomic E-state index is -2.61. The lowest BCUT2D eigenvalue weighted by atomic mass is 9.80. The number of methoxy groups -OCH3 is 1. The standard InChI is InChI=1S/C49H65N6O8PSi/c1-13-29-58-47(56)53-44-41-45(51-32-50-44)54(33-52-41)46-43(63-65(11,12)48(7,8)9)42(62-64(60-30-14-2)55(34(3)4)35(5)6)40(61-46)31-59-49(36-21-17-15-18-22-36,37-23-19-16-20-24-37)38-25-27-39(57-10)28-26-38/h13-28,32-35,40,42-43,46H,1-2,29-31H2,3-12H3,(H,50,51,53,56)/t40-,42-,43-,46-,64?/m1/s1. The van der Waals surface area contributed by atoms with Crippen LogP contribution in [0.3, 0.4) is 0 Å². The highest BCUT2D eigenvalue weighted by molar-refractivity contribution is 7.44. The number of nitrogens with zero attached hydrogens (tertiary/aromatic N) is 5. The Bertz CT molecular complexity index is 2280. The molecule has 5 aromatic rings. The van der Waals surface area contributed by atoms with Gasteiger partial charge in [0.2, 0.25) is 0 Å². The first-order valence-electron chi connectivity index (χ1n) is 22.0. The van der Waals surface area contributed by atoms with E-state index in [1.807, 2.05) is 65.2 Å². The molecular weight excluding hydrogens is 860 g/mol. The molecule has 16 heteroatoms. The minimum absolute atomic E-state index is 0.0279. The lowest BCUT2D eigenvalue weighted by Crippen LogP contribution is -2.50. The molecule has 1 saturated heterocycles. The van der Waals surface area contributed by atoms with Gasteiger partial charge in [-0.1, -0.05) is 112 Å². The summed E-state index contributed by atoms with van der Waals surface area (Å²) in [5, 5.41) is 2.50. The number of imidazole rings is 1. The Hall–Kier alpha value is -4.83. The van der Waals surface area contributed by atoms with Crippen molar-refractivity contribution >= 4 is 39.9 Å². The van der Waals surface area contributed by atoms with Gasteiger partial charge >= 0.3 is 6.09 Å². The predicted molar refractivity (Wildman–Crippen MR) is 258 cm³/mol. The number of benzene rings is 3. The van der Waals surface area contributed by atoms with Crippen molar-refractivity contribution in [2.45, 2.75) is 109 Å². The third kappa shape index (κ3) is 11.1. The number of fused-ring (bicyclic) bond motifs is 1. The lowest BCUT2D eigenvalue weighted by molar-refractivity contribution is -0.0926. The van der Waals surface area contributed by atoms with E-state index in [1.165, 1.54) is 12.4 Å². The summed E-state index contributed by atoms with van der Waals surface area (Å²) in [6.07, 6.45) is 2.45.